The summed E-state index contributed by atoms with van der Waals surface area (Å²) in [6.45, 7) is 11.0. The maximum atomic E-state index is 5.58. The molecule has 16 heavy (non-hydrogen) atoms. The van der Waals surface area contributed by atoms with Gasteiger partial charge in [-0.1, -0.05) is 13.8 Å². The first-order chi connectivity index (χ1) is 7.47. The van der Waals surface area contributed by atoms with Gasteiger partial charge < -0.3 is 10.1 Å². The summed E-state index contributed by atoms with van der Waals surface area (Å²) in [7, 11) is 0. The van der Waals surface area contributed by atoms with Gasteiger partial charge in [0.15, 0.2) is 0 Å². The lowest BCUT2D eigenvalue weighted by Gasteiger charge is -2.12. The van der Waals surface area contributed by atoms with Crippen molar-refractivity contribution >= 4 is 5.95 Å². The van der Waals surface area contributed by atoms with E-state index in [2.05, 4.69) is 43.0 Å². The number of aromatic nitrogens is 2. The van der Waals surface area contributed by atoms with Crippen LogP contribution in [-0.4, -0.2) is 22.6 Å². The van der Waals surface area contributed by atoms with Crippen LogP contribution in [0.1, 0.15) is 33.4 Å². The quantitative estimate of drug-likeness (QED) is 0.833. The molecule has 1 heterocycles. The minimum absolute atomic E-state index is 0.319. The van der Waals surface area contributed by atoms with E-state index in [0.717, 1.165) is 5.69 Å². The third kappa shape index (κ3) is 4.47. The predicted molar refractivity (Wildman–Crippen MR) is 65.9 cm³/mol. The van der Waals surface area contributed by atoms with Gasteiger partial charge in [-0.2, -0.15) is 4.98 Å². The molecule has 0 unspecified atom stereocenters. The number of hydrogen-bond donors (Lipinski definition) is 1. The monoisotopic (exact) mass is 223 g/mol. The largest absolute Gasteiger partial charge is 0.477 e. The normalized spacial score (nSPS) is 10.9. The van der Waals surface area contributed by atoms with Crippen molar-refractivity contribution in [2.75, 3.05) is 11.9 Å². The van der Waals surface area contributed by atoms with Crippen LogP contribution < -0.4 is 10.1 Å². The molecule has 4 heteroatoms. The van der Waals surface area contributed by atoms with E-state index in [4.69, 9.17) is 4.74 Å². The predicted octanol–water partition coefficient (Wildman–Crippen LogP) is 2.64. The van der Waals surface area contributed by atoms with Crippen molar-refractivity contribution in [3.05, 3.63) is 11.8 Å². The summed E-state index contributed by atoms with van der Waals surface area (Å²) in [6, 6.07) is 2.17. The Hall–Kier alpha value is -1.32. The number of anilines is 1. The average Bonchev–Trinajstić information content (AvgIpc) is 2.12. The van der Waals surface area contributed by atoms with Crippen LogP contribution in [-0.2, 0) is 0 Å². The van der Waals surface area contributed by atoms with Crippen molar-refractivity contribution in [1.29, 1.82) is 0 Å². The molecule has 0 spiro atoms. The molecule has 0 aliphatic heterocycles. The Morgan fingerprint density at radius 1 is 1.25 bits per heavy atom. The molecule has 1 rings (SSSR count). The topological polar surface area (TPSA) is 47.0 Å². The molecule has 1 aromatic heterocycles. The van der Waals surface area contributed by atoms with Gasteiger partial charge >= 0.3 is 0 Å². The molecule has 0 aliphatic rings. The fraction of sp³-hybridized carbons (Fsp3) is 0.667. The Bertz CT molecular complexity index is 337. The molecule has 0 saturated carbocycles. The molecule has 1 N–H and O–H groups in total. The van der Waals surface area contributed by atoms with E-state index in [9.17, 15) is 0 Å². The van der Waals surface area contributed by atoms with Crippen molar-refractivity contribution in [3.8, 4) is 5.88 Å². The fourth-order valence-electron chi connectivity index (χ4n) is 1.19. The highest BCUT2D eigenvalue weighted by molar-refractivity contribution is 5.31. The maximum Gasteiger partial charge on any atom is 0.226 e. The zero-order valence-corrected chi connectivity index (χ0v) is 10.7. The Morgan fingerprint density at radius 3 is 2.50 bits per heavy atom. The summed E-state index contributed by atoms with van der Waals surface area (Å²) in [4.78, 5) is 8.60. The van der Waals surface area contributed by atoms with Gasteiger partial charge in [0.1, 0.15) is 0 Å². The van der Waals surface area contributed by atoms with Crippen LogP contribution in [0.3, 0.4) is 0 Å². The highest BCUT2D eigenvalue weighted by Gasteiger charge is 2.05. The summed E-state index contributed by atoms with van der Waals surface area (Å²) in [5, 5.41) is 3.17. The molecular formula is C12H21N3O. The van der Waals surface area contributed by atoms with E-state index >= 15 is 0 Å². The van der Waals surface area contributed by atoms with E-state index in [1.54, 1.807) is 0 Å². The standard InChI is InChI=1S/C12H21N3O/c1-8(2)7-16-11-6-10(5)14-12(15-11)13-9(3)4/h6,8-9H,7H2,1-5H3,(H,13,14,15). The first-order valence-electron chi connectivity index (χ1n) is 5.72. The number of hydrogen-bond acceptors (Lipinski definition) is 4. The lowest BCUT2D eigenvalue weighted by atomic mass is 10.2. The first kappa shape index (κ1) is 12.7. The van der Waals surface area contributed by atoms with Gasteiger partial charge in [0.2, 0.25) is 11.8 Å². The second-order valence-electron chi connectivity index (χ2n) is 4.68. The number of rotatable bonds is 5. The van der Waals surface area contributed by atoms with Gasteiger partial charge in [0, 0.05) is 17.8 Å². The van der Waals surface area contributed by atoms with Gasteiger partial charge in [-0.05, 0) is 26.7 Å². The summed E-state index contributed by atoms with van der Waals surface area (Å²) in [6.07, 6.45) is 0. The minimum atomic E-state index is 0.319. The first-order valence-corrected chi connectivity index (χ1v) is 5.72. The minimum Gasteiger partial charge on any atom is -0.477 e. The van der Waals surface area contributed by atoms with Gasteiger partial charge in [0.25, 0.3) is 0 Å². The van der Waals surface area contributed by atoms with Crippen LogP contribution >= 0.6 is 0 Å². The summed E-state index contributed by atoms with van der Waals surface area (Å²) in [5.74, 6) is 1.77. The maximum absolute atomic E-state index is 5.58. The van der Waals surface area contributed by atoms with E-state index < -0.39 is 0 Å². The molecule has 1 aromatic rings. The molecule has 0 amide bonds. The van der Waals surface area contributed by atoms with Crippen molar-refractivity contribution in [1.82, 2.24) is 9.97 Å². The lowest BCUT2D eigenvalue weighted by molar-refractivity contribution is 0.261. The highest BCUT2D eigenvalue weighted by atomic mass is 16.5. The molecule has 0 fully saturated rings. The number of nitrogens with zero attached hydrogens (tertiary/aromatic N) is 2. The summed E-state index contributed by atoms with van der Waals surface area (Å²) >= 11 is 0. The Labute approximate surface area is 97.5 Å². The van der Waals surface area contributed by atoms with Crippen molar-refractivity contribution in [3.63, 3.8) is 0 Å². The van der Waals surface area contributed by atoms with Crippen LogP contribution in [0, 0.1) is 12.8 Å². The molecule has 0 atom stereocenters. The molecule has 90 valence electrons. The third-order valence-electron chi connectivity index (χ3n) is 1.81. The van der Waals surface area contributed by atoms with Crippen molar-refractivity contribution in [2.24, 2.45) is 5.92 Å². The van der Waals surface area contributed by atoms with E-state index in [1.807, 2.05) is 13.0 Å². The van der Waals surface area contributed by atoms with Gasteiger partial charge in [-0.3, -0.25) is 0 Å². The number of ether oxygens (including phenoxy) is 1. The second-order valence-corrected chi connectivity index (χ2v) is 4.68. The number of aryl methyl sites for hydroxylation is 1. The van der Waals surface area contributed by atoms with E-state index in [0.29, 0.717) is 30.4 Å². The number of nitrogens with one attached hydrogen (secondary N) is 1. The van der Waals surface area contributed by atoms with Gasteiger partial charge in [-0.15, -0.1) is 0 Å². The Morgan fingerprint density at radius 2 is 1.94 bits per heavy atom. The van der Waals surface area contributed by atoms with Crippen LogP contribution in [0.4, 0.5) is 5.95 Å². The van der Waals surface area contributed by atoms with Crippen LogP contribution in [0.15, 0.2) is 6.07 Å². The van der Waals surface area contributed by atoms with Gasteiger partial charge in [-0.25, -0.2) is 4.98 Å². The summed E-state index contributed by atoms with van der Waals surface area (Å²) in [5.41, 5.74) is 0.914. The van der Waals surface area contributed by atoms with E-state index in [1.165, 1.54) is 0 Å². The van der Waals surface area contributed by atoms with Crippen LogP contribution in [0.25, 0.3) is 0 Å². The second kappa shape index (κ2) is 5.68. The zero-order valence-electron chi connectivity index (χ0n) is 10.7. The van der Waals surface area contributed by atoms with Gasteiger partial charge in [0.05, 0.1) is 6.61 Å². The molecule has 0 aromatic carbocycles. The Kier molecular flexibility index (Phi) is 4.52. The molecule has 4 nitrogen and oxygen atoms in total. The van der Waals surface area contributed by atoms with Crippen LogP contribution in [0.5, 0.6) is 5.88 Å². The highest BCUT2D eigenvalue weighted by Crippen LogP contribution is 2.13. The smallest absolute Gasteiger partial charge is 0.226 e. The fourth-order valence-corrected chi connectivity index (χ4v) is 1.19. The lowest BCUT2D eigenvalue weighted by Crippen LogP contribution is -2.14. The van der Waals surface area contributed by atoms with Crippen molar-refractivity contribution in [2.45, 2.75) is 40.7 Å². The molecular weight excluding hydrogens is 202 g/mol. The van der Waals surface area contributed by atoms with Crippen molar-refractivity contribution < 1.29 is 4.74 Å². The molecule has 0 radical (unpaired) electrons. The van der Waals surface area contributed by atoms with E-state index in [-0.39, 0.29) is 0 Å². The SMILES string of the molecule is Cc1cc(OCC(C)C)nc(NC(C)C)n1. The third-order valence-corrected chi connectivity index (χ3v) is 1.81. The van der Waals surface area contributed by atoms with Crippen LogP contribution in [0.2, 0.25) is 0 Å². The Balaban J connectivity index is 2.73. The molecule has 0 saturated heterocycles. The molecule has 0 bridgehead atoms. The average molecular weight is 223 g/mol. The molecule has 0 aliphatic carbocycles. The zero-order chi connectivity index (χ0) is 12.1. The summed E-state index contributed by atoms with van der Waals surface area (Å²) < 4.78 is 5.58.